The van der Waals surface area contributed by atoms with Crippen LogP contribution in [0.25, 0.3) is 5.88 Å². The molecular weight excluding hydrogens is 322 g/mol. The highest BCUT2D eigenvalue weighted by molar-refractivity contribution is 6.07. The first kappa shape index (κ1) is 14.9. The maximum atomic E-state index is 12.7. The van der Waals surface area contributed by atoms with Gasteiger partial charge < -0.3 is 19.2 Å². The number of hydrogen-bond acceptors (Lipinski definition) is 5. The molecule has 0 bridgehead atoms. The Morgan fingerprint density at radius 2 is 2.00 bits per heavy atom. The number of ether oxygens (including phenoxy) is 2. The van der Waals surface area contributed by atoms with Gasteiger partial charge >= 0.3 is 0 Å². The van der Waals surface area contributed by atoms with Crippen molar-refractivity contribution in [3.63, 3.8) is 0 Å². The highest BCUT2D eigenvalue weighted by Gasteiger charge is 2.25. The fourth-order valence-corrected chi connectivity index (χ4v) is 2.73. The number of amides is 1. The van der Waals surface area contributed by atoms with Gasteiger partial charge in [-0.1, -0.05) is 0 Å². The lowest BCUT2D eigenvalue weighted by atomic mass is 10.1. The predicted molar refractivity (Wildman–Crippen MR) is 88.0 cm³/mol. The molecule has 1 N–H and O–H groups in total. The predicted octanol–water partition coefficient (Wildman–Crippen LogP) is 3.23. The zero-order valence-electron chi connectivity index (χ0n) is 13.3. The smallest absolute Gasteiger partial charge is 0.260 e. The van der Waals surface area contributed by atoms with E-state index in [1.165, 1.54) is 0 Å². The standard InChI is InChI=1S/C18H13N3O4/c1-11-16(13(9-19)18(25-11)21-6-2-3-7-21)17(22)20-12-4-5-14-15(8-12)24-10-23-14/h2-8H,10H2,1H3,(H,20,22). The summed E-state index contributed by atoms with van der Waals surface area (Å²) in [6.45, 7) is 1.81. The number of anilines is 1. The van der Waals surface area contributed by atoms with E-state index in [9.17, 15) is 10.1 Å². The molecule has 1 aromatic carbocycles. The van der Waals surface area contributed by atoms with E-state index >= 15 is 0 Å². The van der Waals surface area contributed by atoms with Crippen molar-refractivity contribution in [2.24, 2.45) is 0 Å². The second kappa shape index (κ2) is 5.76. The van der Waals surface area contributed by atoms with Crippen molar-refractivity contribution in [1.82, 2.24) is 4.57 Å². The van der Waals surface area contributed by atoms with Gasteiger partial charge in [-0.2, -0.15) is 5.26 Å². The van der Waals surface area contributed by atoms with E-state index in [0.29, 0.717) is 28.8 Å². The van der Waals surface area contributed by atoms with Gasteiger partial charge in [0.05, 0.1) is 0 Å². The third-order valence-corrected chi connectivity index (χ3v) is 3.87. The molecule has 7 heteroatoms. The molecule has 0 unspecified atom stereocenters. The van der Waals surface area contributed by atoms with E-state index in [1.807, 2.05) is 12.1 Å². The fraction of sp³-hybridized carbons (Fsp3) is 0.111. The quantitative estimate of drug-likeness (QED) is 0.794. The molecule has 1 aliphatic heterocycles. The molecule has 0 radical (unpaired) electrons. The van der Waals surface area contributed by atoms with Gasteiger partial charge in [-0.25, -0.2) is 0 Å². The molecule has 0 spiro atoms. The lowest BCUT2D eigenvalue weighted by molar-refractivity contribution is 0.102. The first-order chi connectivity index (χ1) is 12.2. The van der Waals surface area contributed by atoms with Crippen LogP contribution in [-0.4, -0.2) is 17.3 Å². The number of nitrogens with zero attached hydrogens (tertiary/aromatic N) is 2. The topological polar surface area (TPSA) is 89.4 Å². The summed E-state index contributed by atoms with van der Waals surface area (Å²) in [7, 11) is 0. The maximum Gasteiger partial charge on any atom is 0.260 e. The van der Waals surface area contributed by atoms with Crippen LogP contribution in [0.15, 0.2) is 47.1 Å². The molecule has 0 saturated heterocycles. The van der Waals surface area contributed by atoms with E-state index in [2.05, 4.69) is 11.4 Å². The van der Waals surface area contributed by atoms with Crippen molar-refractivity contribution in [1.29, 1.82) is 5.26 Å². The Morgan fingerprint density at radius 1 is 1.24 bits per heavy atom. The molecule has 0 aliphatic carbocycles. The average molecular weight is 335 g/mol. The van der Waals surface area contributed by atoms with Gasteiger partial charge in [-0.3, -0.25) is 9.36 Å². The van der Waals surface area contributed by atoms with E-state index < -0.39 is 5.91 Å². The van der Waals surface area contributed by atoms with Crippen LogP contribution in [0.4, 0.5) is 5.69 Å². The second-order valence-corrected chi connectivity index (χ2v) is 5.44. The third-order valence-electron chi connectivity index (χ3n) is 3.87. The summed E-state index contributed by atoms with van der Waals surface area (Å²) in [5.74, 6) is 1.47. The average Bonchev–Trinajstić information content (AvgIpc) is 3.33. The Balaban J connectivity index is 1.68. The number of carbonyl (C=O) groups excluding carboxylic acids is 1. The van der Waals surface area contributed by atoms with Crippen molar-refractivity contribution < 1.29 is 18.7 Å². The van der Waals surface area contributed by atoms with Crippen LogP contribution >= 0.6 is 0 Å². The number of furan rings is 1. The van der Waals surface area contributed by atoms with Gasteiger partial charge in [-0.15, -0.1) is 0 Å². The molecule has 0 fully saturated rings. The van der Waals surface area contributed by atoms with Crippen molar-refractivity contribution in [2.75, 3.05) is 12.1 Å². The molecule has 0 saturated carbocycles. The Hall–Kier alpha value is -3.66. The van der Waals surface area contributed by atoms with Crippen molar-refractivity contribution in [3.8, 4) is 23.5 Å². The Labute approximate surface area is 143 Å². The monoisotopic (exact) mass is 335 g/mol. The van der Waals surface area contributed by atoms with Crippen LogP contribution in [0.3, 0.4) is 0 Å². The number of carbonyl (C=O) groups is 1. The van der Waals surface area contributed by atoms with Gasteiger partial charge in [0, 0.05) is 24.1 Å². The van der Waals surface area contributed by atoms with Crippen LogP contribution in [0, 0.1) is 18.3 Å². The van der Waals surface area contributed by atoms with E-state index in [1.54, 1.807) is 42.1 Å². The lowest BCUT2D eigenvalue weighted by Crippen LogP contribution is -2.13. The summed E-state index contributed by atoms with van der Waals surface area (Å²) in [6, 6.07) is 10.8. The van der Waals surface area contributed by atoms with E-state index in [0.717, 1.165) is 0 Å². The summed E-state index contributed by atoms with van der Waals surface area (Å²) < 4.78 is 17.9. The van der Waals surface area contributed by atoms with Crippen molar-refractivity contribution >= 4 is 11.6 Å². The number of benzene rings is 1. The van der Waals surface area contributed by atoms with Crippen LogP contribution in [0.2, 0.25) is 0 Å². The van der Waals surface area contributed by atoms with Gasteiger partial charge in [0.1, 0.15) is 23.0 Å². The Kier molecular flexibility index (Phi) is 3.43. The summed E-state index contributed by atoms with van der Waals surface area (Å²) in [5.41, 5.74) is 0.942. The van der Waals surface area contributed by atoms with Gasteiger partial charge in [0.2, 0.25) is 12.7 Å². The molecule has 25 heavy (non-hydrogen) atoms. The minimum Gasteiger partial charge on any atom is -0.454 e. The number of nitrogens with one attached hydrogen (secondary N) is 1. The third kappa shape index (κ3) is 2.50. The summed E-state index contributed by atoms with van der Waals surface area (Å²) >= 11 is 0. The number of aryl methyl sites for hydroxylation is 1. The number of hydrogen-bond donors (Lipinski definition) is 1. The highest BCUT2D eigenvalue weighted by Crippen LogP contribution is 2.34. The minimum absolute atomic E-state index is 0.159. The first-order valence-corrected chi connectivity index (χ1v) is 7.55. The van der Waals surface area contributed by atoms with Gasteiger partial charge in [0.15, 0.2) is 11.5 Å². The summed E-state index contributed by atoms with van der Waals surface area (Å²) in [6.07, 6.45) is 3.50. The number of fused-ring (bicyclic) bond motifs is 1. The van der Waals surface area contributed by atoms with Crippen molar-refractivity contribution in [2.45, 2.75) is 6.92 Å². The van der Waals surface area contributed by atoms with Gasteiger partial charge in [-0.05, 0) is 31.2 Å². The van der Waals surface area contributed by atoms with Crippen LogP contribution < -0.4 is 14.8 Å². The van der Waals surface area contributed by atoms with Crippen LogP contribution in [0.5, 0.6) is 11.5 Å². The molecule has 124 valence electrons. The number of nitriles is 1. The van der Waals surface area contributed by atoms with E-state index in [4.69, 9.17) is 13.9 Å². The first-order valence-electron chi connectivity index (χ1n) is 7.55. The Bertz CT molecular complexity index is 996. The molecule has 2 aromatic heterocycles. The molecule has 3 heterocycles. The summed E-state index contributed by atoms with van der Waals surface area (Å²) in [4.78, 5) is 12.7. The normalized spacial score (nSPS) is 12.0. The Morgan fingerprint density at radius 3 is 2.76 bits per heavy atom. The van der Waals surface area contributed by atoms with Crippen LogP contribution in [-0.2, 0) is 0 Å². The highest BCUT2D eigenvalue weighted by atomic mass is 16.7. The van der Waals surface area contributed by atoms with Crippen molar-refractivity contribution in [3.05, 3.63) is 59.6 Å². The maximum absolute atomic E-state index is 12.7. The molecule has 1 amide bonds. The van der Waals surface area contributed by atoms with Crippen LogP contribution in [0.1, 0.15) is 21.7 Å². The zero-order valence-corrected chi connectivity index (χ0v) is 13.3. The molecule has 0 atom stereocenters. The second-order valence-electron chi connectivity index (χ2n) is 5.44. The number of aromatic nitrogens is 1. The zero-order chi connectivity index (χ0) is 17.4. The lowest BCUT2D eigenvalue weighted by Gasteiger charge is -2.06. The largest absolute Gasteiger partial charge is 0.454 e. The fourth-order valence-electron chi connectivity index (χ4n) is 2.73. The molecule has 4 rings (SSSR count). The minimum atomic E-state index is -0.421. The summed E-state index contributed by atoms with van der Waals surface area (Å²) in [5, 5.41) is 12.3. The van der Waals surface area contributed by atoms with Gasteiger partial charge in [0.25, 0.3) is 5.91 Å². The SMILES string of the molecule is Cc1oc(-n2cccc2)c(C#N)c1C(=O)Nc1ccc2c(c1)OCO2. The molecule has 3 aromatic rings. The molecular formula is C18H13N3O4. The molecule has 1 aliphatic rings. The molecule has 7 nitrogen and oxygen atoms in total. The number of rotatable bonds is 3. The van der Waals surface area contributed by atoms with E-state index in [-0.39, 0.29) is 17.9 Å².